The van der Waals surface area contributed by atoms with Crippen molar-refractivity contribution >= 4 is 24.1 Å². The highest BCUT2D eigenvalue weighted by molar-refractivity contribution is 5.80. The molecule has 3 aliphatic heterocycles. The number of amides is 1. The number of carbonyl (C=O) groups is 4. The number of carboxylic acid groups (broad SMARTS) is 1. The minimum atomic E-state index is -1.95. The molecule has 1 amide bonds. The number of hydrogen-bond donors (Lipinski definition) is 11. The number of carbonyl (C=O) groups excluding carboxylic acids is 3. The van der Waals surface area contributed by atoms with Crippen LogP contribution >= 0.6 is 0 Å². The van der Waals surface area contributed by atoms with Gasteiger partial charge < -0.3 is 89.6 Å². The number of allylic oxidation sites excluding steroid dienone is 2. The number of aliphatic hydroxyl groups excluding tert-OH is 9. The highest BCUT2D eigenvalue weighted by Gasteiger charge is 2.88. The maximum atomic E-state index is 15.7. The van der Waals surface area contributed by atoms with Crippen LogP contribution in [0.1, 0.15) is 164 Å². The third-order valence-corrected chi connectivity index (χ3v) is 23.0. The topological polar surface area (TPSA) is 338 Å². The van der Waals surface area contributed by atoms with Crippen LogP contribution in [0.25, 0.3) is 0 Å². The lowest BCUT2D eigenvalue weighted by Crippen LogP contribution is -2.86. The maximum absolute atomic E-state index is 15.7. The van der Waals surface area contributed by atoms with E-state index in [0.717, 1.165) is 63.2 Å². The molecule has 0 bridgehead atoms. The first-order chi connectivity index (χ1) is 37.6. The molecule has 9 rings (SSSR count). The van der Waals surface area contributed by atoms with Crippen LogP contribution in [0, 0.1) is 55.7 Å². The zero-order valence-electron chi connectivity index (χ0n) is 47.8. The summed E-state index contributed by atoms with van der Waals surface area (Å²) in [6.07, 6.45) is -9.03. The van der Waals surface area contributed by atoms with Gasteiger partial charge in [0.1, 0.15) is 60.5 Å². The molecule has 454 valence electrons. The first kappa shape index (κ1) is 61.8. The Bertz CT molecular complexity index is 2300. The monoisotopic (exact) mass is 1140 g/mol. The molecule has 3 saturated heterocycles. The number of nitrogens with one attached hydrogen (secondary N) is 1. The second-order valence-corrected chi connectivity index (χ2v) is 27.4. The molecule has 9 aliphatic rings. The van der Waals surface area contributed by atoms with E-state index in [4.69, 9.17) is 33.5 Å². The van der Waals surface area contributed by atoms with Gasteiger partial charge in [0, 0.05) is 12.8 Å². The molecule has 0 radical (unpaired) electrons. The first-order valence-corrected chi connectivity index (χ1v) is 29.8. The molecule has 0 aromatic heterocycles. The van der Waals surface area contributed by atoms with Crippen molar-refractivity contribution < 1.29 is 98.7 Å². The van der Waals surface area contributed by atoms with Gasteiger partial charge in [0.15, 0.2) is 18.7 Å². The number of carboxylic acids is 1. The summed E-state index contributed by atoms with van der Waals surface area (Å²) < 4.78 is 36.5. The summed E-state index contributed by atoms with van der Waals surface area (Å²) in [4.78, 5) is 53.0. The molecule has 0 spiro atoms. The fourth-order valence-electron chi connectivity index (χ4n) is 18.1. The Morgan fingerprint density at radius 1 is 0.713 bits per heavy atom. The number of ether oxygens (including phenoxy) is 6. The highest BCUT2D eigenvalue weighted by Crippen LogP contribution is 2.88. The van der Waals surface area contributed by atoms with Gasteiger partial charge in [-0.3, -0.25) is 14.4 Å². The molecule has 25 atom stereocenters. The second-order valence-electron chi connectivity index (χ2n) is 27.4. The predicted molar refractivity (Wildman–Crippen MR) is 282 cm³/mol. The molecule has 80 heavy (non-hydrogen) atoms. The van der Waals surface area contributed by atoms with Crippen LogP contribution in [-0.4, -0.2) is 187 Å². The van der Waals surface area contributed by atoms with Gasteiger partial charge in [0.25, 0.3) is 0 Å². The van der Waals surface area contributed by atoms with Crippen molar-refractivity contribution in [2.45, 2.75) is 262 Å². The lowest BCUT2D eigenvalue weighted by molar-refractivity contribution is -0.397. The van der Waals surface area contributed by atoms with Gasteiger partial charge in [0.05, 0.1) is 43.0 Å². The molecule has 0 aromatic carbocycles. The average Bonchev–Trinajstić information content (AvgIpc) is 0.867. The number of aliphatic carboxylic acids is 1. The smallest absolute Gasteiger partial charge is 0.317 e. The number of fused-ring (bicyclic) bond motifs is 10. The van der Waals surface area contributed by atoms with Crippen molar-refractivity contribution in [2.24, 2.45) is 55.7 Å². The Morgan fingerprint density at radius 3 is 1.99 bits per heavy atom. The van der Waals surface area contributed by atoms with Gasteiger partial charge in [0.2, 0.25) is 12.2 Å². The molecule has 21 heteroatoms. The van der Waals surface area contributed by atoms with Crippen LogP contribution in [-0.2, 0) is 47.6 Å². The van der Waals surface area contributed by atoms with Crippen molar-refractivity contribution in [2.75, 3.05) is 13.2 Å². The number of rotatable bonds is 20. The third-order valence-electron chi connectivity index (χ3n) is 23.0. The number of aldehydes is 1. The molecule has 11 N–H and O–H groups in total. The maximum Gasteiger partial charge on any atom is 0.317 e. The lowest BCUT2D eigenvalue weighted by atomic mass is 9.17. The van der Waals surface area contributed by atoms with Crippen LogP contribution in [0.2, 0.25) is 0 Å². The van der Waals surface area contributed by atoms with E-state index in [-0.39, 0.29) is 53.8 Å². The number of esters is 1. The molecular weight excluding hydrogens is 1040 g/mol. The molecule has 21 nitrogen and oxygen atoms in total. The van der Waals surface area contributed by atoms with Crippen LogP contribution in [0.5, 0.6) is 0 Å². The van der Waals surface area contributed by atoms with Gasteiger partial charge in [-0.15, -0.1) is 0 Å². The Balaban J connectivity index is 0.962. The normalized spacial score (nSPS) is 49.1. The fourth-order valence-corrected chi connectivity index (χ4v) is 18.1. The summed E-state index contributed by atoms with van der Waals surface area (Å²) in [5, 5.41) is 113. The summed E-state index contributed by atoms with van der Waals surface area (Å²) in [6, 6.07) is -1.36. The zero-order valence-corrected chi connectivity index (χ0v) is 47.8. The fraction of sp³-hybridized carbons (Fsp3) is 0.898. The minimum Gasteiger partial charge on any atom is -0.481 e. The summed E-state index contributed by atoms with van der Waals surface area (Å²) in [7, 11) is 0. The number of unbranched alkanes of at least 4 members (excludes halogenated alkanes) is 7. The summed E-state index contributed by atoms with van der Waals surface area (Å²) in [5.74, 6) is -2.49. The second kappa shape index (κ2) is 22.9. The van der Waals surface area contributed by atoms with Crippen LogP contribution in [0.15, 0.2) is 11.6 Å². The summed E-state index contributed by atoms with van der Waals surface area (Å²) in [5.41, 5.74) is -3.12. The molecule has 6 aliphatic carbocycles. The average molecular weight is 1140 g/mol. The van der Waals surface area contributed by atoms with E-state index in [1.54, 1.807) is 0 Å². The molecule has 5 saturated carbocycles. The van der Waals surface area contributed by atoms with Crippen LogP contribution in [0.4, 0.5) is 0 Å². The highest BCUT2D eigenvalue weighted by atomic mass is 16.8. The van der Waals surface area contributed by atoms with Crippen molar-refractivity contribution in [3.05, 3.63) is 11.6 Å². The largest absolute Gasteiger partial charge is 0.481 e. The quantitative estimate of drug-likeness (QED) is 0.0361. The minimum absolute atomic E-state index is 0.0130. The Kier molecular flexibility index (Phi) is 17.7. The predicted octanol–water partition coefficient (Wildman–Crippen LogP) is 2.68. The van der Waals surface area contributed by atoms with E-state index in [1.807, 2.05) is 0 Å². The number of aliphatic hydroxyl groups is 9. The van der Waals surface area contributed by atoms with E-state index in [2.05, 4.69) is 52.9 Å². The van der Waals surface area contributed by atoms with E-state index in [9.17, 15) is 60.3 Å². The lowest BCUT2D eigenvalue weighted by Gasteiger charge is -2.86. The third kappa shape index (κ3) is 9.76. The Labute approximate surface area is 469 Å². The van der Waals surface area contributed by atoms with E-state index in [0.29, 0.717) is 38.5 Å². The van der Waals surface area contributed by atoms with Crippen LogP contribution < -0.4 is 5.32 Å². The van der Waals surface area contributed by atoms with Gasteiger partial charge in [-0.1, -0.05) is 91.7 Å². The van der Waals surface area contributed by atoms with E-state index >= 15 is 4.79 Å². The van der Waals surface area contributed by atoms with Crippen molar-refractivity contribution in [3.63, 3.8) is 0 Å². The standard InChI is InChI=1S/C59H93NO20/c1-30-47(78-49-45(72)42(69)33(63)28-75-49)44(71)46(73)50(76-30)79-48-43(70)41(60-39(66)16-14-12-10-8-9-11-13-15-17-40(67)68)34(27-61)77-51(48)80-52(74)58-23-22-53(2,3)24-32(58)31-18-19-35-54(4,55(31,5)25-37(58)64)21-20-36-57(35,7)56(6)26-38(65)59(36,56)29-62/h18,29-30,32-38,41-51,61,63-65,69-73H,8-17,19-28H2,1-7H3,(H,60,66)(H,67,68)/t30?,32?,33-,34?,35?,36-,37?,38+,41+,42?,43?,44?,45?,46?,47+,48?,49+,50+,51+,54-,55-,56?,57?,58-,59+/m1/s1. The Hall–Kier alpha value is -2.74. The number of hydrogen-bond acceptors (Lipinski definition) is 19. The SMILES string of the molecule is CC1O[C@@H](OC2C(O)[C@@H](NC(=O)CCCCCCCCCCC(=O)O)C(CO)O[C@H]2OC(=O)[C@]23CCC(C)(C)CC2C2=CCC4C5(C)[C@@H](CC[C@@]4(C)[C@]2(C)CC3O)[C@@]2(C=O)[C@@H](O)CC52C)C(O)C(O)[C@H]1O[C@@H]1OC[C@@H](O)C(O)C1O. The van der Waals surface area contributed by atoms with Gasteiger partial charge in [-0.25, -0.2) is 0 Å². The zero-order chi connectivity index (χ0) is 58.3. The molecule has 13 unspecified atom stereocenters. The summed E-state index contributed by atoms with van der Waals surface area (Å²) >= 11 is 0. The molecule has 0 aromatic rings. The summed E-state index contributed by atoms with van der Waals surface area (Å²) in [6.45, 7) is 13.6. The molecular formula is C59H93NO20. The van der Waals surface area contributed by atoms with Gasteiger partial charge in [-0.2, -0.15) is 0 Å². The van der Waals surface area contributed by atoms with Crippen molar-refractivity contribution in [1.82, 2.24) is 5.32 Å². The first-order valence-electron chi connectivity index (χ1n) is 29.8. The molecule has 8 fully saturated rings. The van der Waals surface area contributed by atoms with Gasteiger partial charge in [-0.05, 0) is 116 Å². The Morgan fingerprint density at radius 2 is 1.35 bits per heavy atom. The van der Waals surface area contributed by atoms with Crippen molar-refractivity contribution in [1.29, 1.82) is 0 Å². The van der Waals surface area contributed by atoms with Crippen LogP contribution in [0.3, 0.4) is 0 Å². The van der Waals surface area contributed by atoms with Crippen molar-refractivity contribution in [3.8, 4) is 0 Å². The van der Waals surface area contributed by atoms with E-state index in [1.165, 1.54) is 6.92 Å². The molecule has 3 heterocycles. The van der Waals surface area contributed by atoms with Gasteiger partial charge >= 0.3 is 11.9 Å². The van der Waals surface area contributed by atoms with E-state index < -0.39 is 157 Å².